The number of nitrogens with zero attached hydrogens (tertiary/aromatic N) is 1. The first-order valence-electron chi connectivity index (χ1n) is 6.37. The molecule has 1 heterocycles. The van der Waals surface area contributed by atoms with E-state index in [1.165, 1.54) is 0 Å². The van der Waals surface area contributed by atoms with Crippen LogP contribution in [0.2, 0.25) is 0 Å². The number of fused-ring (bicyclic) bond motifs is 1. The summed E-state index contributed by atoms with van der Waals surface area (Å²) in [4.78, 5) is 12.2. The van der Waals surface area contributed by atoms with Gasteiger partial charge in [-0.25, -0.2) is 0 Å². The quantitative estimate of drug-likeness (QED) is 0.820. The molecule has 1 aromatic carbocycles. The number of Topliss-reactive ketones (excluding diaryl/α,β-unsaturated/α-hetero) is 1. The predicted molar refractivity (Wildman–Crippen MR) is 75.0 cm³/mol. The van der Waals surface area contributed by atoms with Crippen molar-refractivity contribution in [1.29, 1.82) is 0 Å². The van der Waals surface area contributed by atoms with Crippen LogP contribution in [0.15, 0.2) is 30.5 Å². The fourth-order valence-electron chi connectivity index (χ4n) is 2.13. The predicted octanol–water partition coefficient (Wildman–Crippen LogP) is 2.61. The third-order valence-corrected chi connectivity index (χ3v) is 3.04. The maximum atomic E-state index is 12.2. The number of hydrogen-bond acceptors (Lipinski definition) is 2. The van der Waals surface area contributed by atoms with Crippen molar-refractivity contribution in [3.8, 4) is 0 Å². The minimum atomic E-state index is 0.160. The average Bonchev–Trinajstić information content (AvgIpc) is 2.67. The van der Waals surface area contributed by atoms with E-state index in [0.717, 1.165) is 23.0 Å². The summed E-state index contributed by atoms with van der Waals surface area (Å²) in [5, 5.41) is 4.24. The number of carbonyl (C=O) groups is 1. The summed E-state index contributed by atoms with van der Waals surface area (Å²) in [5.41, 5.74) is 1.91. The standard InChI is InChI=1S/C15H20N2O/c1-11(2)8-16-9-15(18)13-10-17(3)14-7-5-4-6-12(13)14/h4-7,10-11,16H,8-9H2,1-3H3. The number of aryl methyl sites for hydroxylation is 1. The van der Waals surface area contributed by atoms with E-state index in [9.17, 15) is 4.79 Å². The van der Waals surface area contributed by atoms with Gasteiger partial charge in [0.1, 0.15) is 0 Å². The van der Waals surface area contributed by atoms with Gasteiger partial charge in [0.15, 0.2) is 5.78 Å². The molecule has 3 heteroatoms. The Morgan fingerprint density at radius 2 is 2.06 bits per heavy atom. The van der Waals surface area contributed by atoms with Crippen LogP contribution in [0, 0.1) is 5.92 Å². The van der Waals surface area contributed by atoms with E-state index in [4.69, 9.17) is 0 Å². The molecule has 0 aliphatic heterocycles. The third kappa shape index (κ3) is 2.62. The molecule has 2 aromatic rings. The summed E-state index contributed by atoms with van der Waals surface area (Å²) in [5.74, 6) is 0.720. The fourth-order valence-corrected chi connectivity index (χ4v) is 2.13. The number of nitrogens with one attached hydrogen (secondary N) is 1. The largest absolute Gasteiger partial charge is 0.350 e. The van der Waals surface area contributed by atoms with E-state index in [-0.39, 0.29) is 5.78 Å². The van der Waals surface area contributed by atoms with Crippen molar-refractivity contribution in [1.82, 2.24) is 9.88 Å². The van der Waals surface area contributed by atoms with Crippen LogP contribution in [-0.2, 0) is 7.05 Å². The lowest BCUT2D eigenvalue weighted by Gasteiger charge is -2.05. The maximum absolute atomic E-state index is 12.2. The van der Waals surface area contributed by atoms with Gasteiger partial charge in [0, 0.05) is 29.7 Å². The maximum Gasteiger partial charge on any atom is 0.178 e. The Bertz CT molecular complexity index is 555. The molecule has 0 atom stereocenters. The zero-order chi connectivity index (χ0) is 13.1. The van der Waals surface area contributed by atoms with E-state index in [2.05, 4.69) is 19.2 Å². The number of rotatable bonds is 5. The molecule has 96 valence electrons. The van der Waals surface area contributed by atoms with Crippen LogP contribution in [0.25, 0.3) is 10.9 Å². The molecule has 0 saturated carbocycles. The summed E-state index contributed by atoms with van der Waals surface area (Å²) in [7, 11) is 1.97. The lowest BCUT2D eigenvalue weighted by atomic mass is 10.1. The first-order chi connectivity index (χ1) is 8.59. The molecule has 0 radical (unpaired) electrons. The Morgan fingerprint density at radius 3 is 2.78 bits per heavy atom. The van der Waals surface area contributed by atoms with Crippen LogP contribution in [0.5, 0.6) is 0 Å². The van der Waals surface area contributed by atoms with Crippen molar-refractivity contribution in [3.05, 3.63) is 36.0 Å². The van der Waals surface area contributed by atoms with Gasteiger partial charge in [-0.05, 0) is 18.5 Å². The zero-order valence-electron chi connectivity index (χ0n) is 11.2. The summed E-state index contributed by atoms with van der Waals surface area (Å²) in [6.07, 6.45) is 1.92. The molecule has 0 aliphatic carbocycles. The van der Waals surface area contributed by atoms with Crippen molar-refractivity contribution in [2.45, 2.75) is 13.8 Å². The van der Waals surface area contributed by atoms with Gasteiger partial charge in [-0.1, -0.05) is 32.0 Å². The average molecular weight is 244 g/mol. The highest BCUT2D eigenvalue weighted by Gasteiger charge is 2.12. The van der Waals surface area contributed by atoms with Gasteiger partial charge >= 0.3 is 0 Å². The van der Waals surface area contributed by atoms with Gasteiger partial charge in [-0.2, -0.15) is 0 Å². The molecule has 18 heavy (non-hydrogen) atoms. The molecular weight excluding hydrogens is 224 g/mol. The molecular formula is C15H20N2O. The van der Waals surface area contributed by atoms with Crippen molar-refractivity contribution >= 4 is 16.7 Å². The molecule has 1 N–H and O–H groups in total. The molecule has 3 nitrogen and oxygen atoms in total. The summed E-state index contributed by atoms with van der Waals surface area (Å²) in [6, 6.07) is 8.01. The van der Waals surface area contributed by atoms with Gasteiger partial charge in [0.25, 0.3) is 0 Å². The van der Waals surface area contributed by atoms with Crippen LogP contribution < -0.4 is 5.32 Å². The number of carbonyl (C=O) groups excluding carboxylic acids is 1. The summed E-state index contributed by atoms with van der Waals surface area (Å²) < 4.78 is 2.00. The monoisotopic (exact) mass is 244 g/mol. The topological polar surface area (TPSA) is 34.0 Å². The first kappa shape index (κ1) is 12.8. The normalized spacial score (nSPS) is 11.3. The van der Waals surface area contributed by atoms with Crippen LogP contribution in [-0.4, -0.2) is 23.4 Å². The Labute approximate surface area is 108 Å². The molecule has 0 saturated heterocycles. The SMILES string of the molecule is CC(C)CNCC(=O)c1cn(C)c2ccccc12. The second-order valence-electron chi connectivity index (χ2n) is 5.12. The number of ketones is 1. The Hall–Kier alpha value is -1.61. The van der Waals surface area contributed by atoms with Crippen molar-refractivity contribution in [3.63, 3.8) is 0 Å². The molecule has 0 amide bonds. The van der Waals surface area contributed by atoms with Gasteiger partial charge in [-0.15, -0.1) is 0 Å². The lowest BCUT2D eigenvalue weighted by Crippen LogP contribution is -2.26. The van der Waals surface area contributed by atoms with Crippen LogP contribution in [0.4, 0.5) is 0 Å². The molecule has 0 spiro atoms. The third-order valence-electron chi connectivity index (χ3n) is 3.04. The minimum Gasteiger partial charge on any atom is -0.350 e. The Kier molecular flexibility index (Phi) is 3.82. The number of para-hydroxylation sites is 1. The molecule has 2 rings (SSSR count). The molecule has 0 bridgehead atoms. The smallest absolute Gasteiger partial charge is 0.178 e. The number of benzene rings is 1. The summed E-state index contributed by atoms with van der Waals surface area (Å²) >= 11 is 0. The van der Waals surface area contributed by atoms with Crippen LogP contribution >= 0.6 is 0 Å². The van der Waals surface area contributed by atoms with Crippen molar-refractivity contribution in [2.75, 3.05) is 13.1 Å². The van der Waals surface area contributed by atoms with E-state index >= 15 is 0 Å². The van der Waals surface area contributed by atoms with E-state index < -0.39 is 0 Å². The van der Waals surface area contributed by atoms with Gasteiger partial charge < -0.3 is 9.88 Å². The molecule has 1 aromatic heterocycles. The van der Waals surface area contributed by atoms with Crippen molar-refractivity contribution < 1.29 is 4.79 Å². The van der Waals surface area contributed by atoms with Crippen LogP contribution in [0.1, 0.15) is 24.2 Å². The molecule has 0 aliphatic rings. The van der Waals surface area contributed by atoms with E-state index in [1.54, 1.807) is 0 Å². The molecule has 0 fully saturated rings. The number of aromatic nitrogens is 1. The highest BCUT2D eigenvalue weighted by atomic mass is 16.1. The lowest BCUT2D eigenvalue weighted by molar-refractivity contribution is 0.0992. The van der Waals surface area contributed by atoms with Gasteiger partial charge in [-0.3, -0.25) is 4.79 Å². The second kappa shape index (κ2) is 5.36. The highest BCUT2D eigenvalue weighted by molar-refractivity contribution is 6.09. The fraction of sp³-hybridized carbons (Fsp3) is 0.400. The van der Waals surface area contributed by atoms with Gasteiger partial charge in [0.05, 0.1) is 6.54 Å². The summed E-state index contributed by atoms with van der Waals surface area (Å²) in [6.45, 7) is 5.55. The zero-order valence-corrected chi connectivity index (χ0v) is 11.2. The first-order valence-corrected chi connectivity index (χ1v) is 6.37. The second-order valence-corrected chi connectivity index (χ2v) is 5.12. The van der Waals surface area contributed by atoms with Gasteiger partial charge in [0.2, 0.25) is 0 Å². The number of hydrogen-bond donors (Lipinski definition) is 1. The van der Waals surface area contributed by atoms with Crippen LogP contribution in [0.3, 0.4) is 0 Å². The van der Waals surface area contributed by atoms with E-state index in [1.807, 2.05) is 42.1 Å². The Morgan fingerprint density at radius 1 is 1.33 bits per heavy atom. The Balaban J connectivity index is 2.18. The highest BCUT2D eigenvalue weighted by Crippen LogP contribution is 2.20. The van der Waals surface area contributed by atoms with Crippen molar-refractivity contribution in [2.24, 2.45) is 13.0 Å². The van der Waals surface area contributed by atoms with E-state index in [0.29, 0.717) is 12.5 Å². The minimum absolute atomic E-state index is 0.160. The molecule has 0 unspecified atom stereocenters.